The van der Waals surface area contributed by atoms with E-state index in [1.165, 1.54) is 19.2 Å². The van der Waals surface area contributed by atoms with Gasteiger partial charge in [-0.05, 0) is 25.6 Å². The molecule has 4 nitrogen and oxygen atoms in total. The summed E-state index contributed by atoms with van der Waals surface area (Å²) in [7, 11) is 3.19. The van der Waals surface area contributed by atoms with Crippen LogP contribution in [0, 0.1) is 11.7 Å². The second kappa shape index (κ2) is 6.96. The molecular formula is C13H19FN2O2. The van der Waals surface area contributed by atoms with Crippen LogP contribution in [0.4, 0.5) is 10.1 Å². The molecular weight excluding hydrogens is 235 g/mol. The number of benzene rings is 1. The average molecular weight is 254 g/mol. The summed E-state index contributed by atoms with van der Waals surface area (Å²) in [5.74, 6) is -0.566. The predicted molar refractivity (Wildman–Crippen MR) is 69.3 cm³/mol. The van der Waals surface area contributed by atoms with Gasteiger partial charge >= 0.3 is 0 Å². The number of nitrogens with one attached hydrogen (secondary N) is 2. The Labute approximate surface area is 107 Å². The van der Waals surface area contributed by atoms with Crippen LogP contribution in [0.1, 0.15) is 13.3 Å². The van der Waals surface area contributed by atoms with E-state index in [9.17, 15) is 9.18 Å². The first-order valence-corrected chi connectivity index (χ1v) is 5.91. The minimum atomic E-state index is -0.489. The highest BCUT2D eigenvalue weighted by molar-refractivity contribution is 5.92. The Kier molecular flexibility index (Phi) is 5.58. The molecule has 1 amide bonds. The average Bonchev–Trinajstić information content (AvgIpc) is 2.36. The van der Waals surface area contributed by atoms with Crippen LogP contribution in [0.25, 0.3) is 0 Å². The highest BCUT2D eigenvalue weighted by Gasteiger charge is 2.16. The number of carbonyl (C=O) groups is 1. The third-order valence-electron chi connectivity index (χ3n) is 2.73. The summed E-state index contributed by atoms with van der Waals surface area (Å²) in [4.78, 5) is 11.9. The Bertz CT molecular complexity index is 410. The number of methoxy groups -OCH3 is 1. The van der Waals surface area contributed by atoms with Gasteiger partial charge in [0.1, 0.15) is 0 Å². The molecule has 0 aromatic heterocycles. The van der Waals surface area contributed by atoms with Gasteiger partial charge in [0.05, 0.1) is 13.0 Å². The van der Waals surface area contributed by atoms with Crippen molar-refractivity contribution >= 4 is 11.6 Å². The van der Waals surface area contributed by atoms with Crippen LogP contribution in [-0.2, 0) is 4.79 Å². The van der Waals surface area contributed by atoms with Gasteiger partial charge in [0, 0.05) is 18.3 Å². The molecule has 1 rings (SSSR count). The second-order valence-electron chi connectivity index (χ2n) is 4.00. The predicted octanol–water partition coefficient (Wildman–Crippen LogP) is 2.02. The Balaban J connectivity index is 2.72. The molecule has 1 atom stereocenters. The monoisotopic (exact) mass is 254 g/mol. The third kappa shape index (κ3) is 3.70. The maximum Gasteiger partial charge on any atom is 0.228 e. The topological polar surface area (TPSA) is 50.4 Å². The van der Waals surface area contributed by atoms with E-state index in [2.05, 4.69) is 10.6 Å². The van der Waals surface area contributed by atoms with Gasteiger partial charge in [0.25, 0.3) is 0 Å². The first-order valence-electron chi connectivity index (χ1n) is 5.91. The molecule has 1 aromatic carbocycles. The van der Waals surface area contributed by atoms with E-state index >= 15 is 0 Å². The van der Waals surface area contributed by atoms with Crippen LogP contribution in [0.5, 0.6) is 5.75 Å². The molecule has 0 aliphatic heterocycles. The number of halogens is 1. The van der Waals surface area contributed by atoms with Crippen LogP contribution in [-0.4, -0.2) is 26.6 Å². The molecule has 0 aliphatic carbocycles. The standard InChI is InChI=1S/C13H19FN2O2/c1-4-9(8-15-2)13(17)16-10-5-6-12(18-3)11(14)7-10/h5-7,9,15H,4,8H2,1-3H3,(H,16,17). The lowest BCUT2D eigenvalue weighted by Crippen LogP contribution is -2.30. The number of rotatable bonds is 6. The highest BCUT2D eigenvalue weighted by atomic mass is 19.1. The molecule has 18 heavy (non-hydrogen) atoms. The van der Waals surface area contributed by atoms with E-state index in [-0.39, 0.29) is 17.6 Å². The summed E-state index contributed by atoms with van der Waals surface area (Å²) in [6.07, 6.45) is 0.727. The van der Waals surface area contributed by atoms with Crippen molar-refractivity contribution in [2.75, 3.05) is 26.0 Å². The van der Waals surface area contributed by atoms with Gasteiger partial charge in [0.2, 0.25) is 5.91 Å². The minimum Gasteiger partial charge on any atom is -0.494 e. The molecule has 0 fully saturated rings. The molecule has 0 bridgehead atoms. The molecule has 0 saturated heterocycles. The molecule has 0 spiro atoms. The van der Waals surface area contributed by atoms with Crippen molar-refractivity contribution in [3.8, 4) is 5.75 Å². The molecule has 0 saturated carbocycles. The van der Waals surface area contributed by atoms with Crippen molar-refractivity contribution in [3.63, 3.8) is 0 Å². The van der Waals surface area contributed by atoms with Gasteiger partial charge in [-0.25, -0.2) is 4.39 Å². The number of ether oxygens (including phenoxy) is 1. The fraction of sp³-hybridized carbons (Fsp3) is 0.462. The summed E-state index contributed by atoms with van der Waals surface area (Å²) in [6.45, 7) is 2.54. The Morgan fingerprint density at radius 3 is 2.72 bits per heavy atom. The van der Waals surface area contributed by atoms with E-state index in [0.29, 0.717) is 12.2 Å². The number of amides is 1. The lowest BCUT2D eigenvalue weighted by atomic mass is 10.1. The molecule has 1 unspecified atom stereocenters. The third-order valence-corrected chi connectivity index (χ3v) is 2.73. The van der Waals surface area contributed by atoms with Crippen LogP contribution >= 0.6 is 0 Å². The zero-order chi connectivity index (χ0) is 13.5. The first kappa shape index (κ1) is 14.4. The van der Waals surface area contributed by atoms with Crippen molar-refractivity contribution in [1.29, 1.82) is 0 Å². The summed E-state index contributed by atoms with van der Waals surface area (Å²) in [5, 5.41) is 5.66. The van der Waals surface area contributed by atoms with Gasteiger partial charge in [-0.2, -0.15) is 0 Å². The van der Waals surface area contributed by atoms with Gasteiger partial charge in [-0.3, -0.25) is 4.79 Å². The normalized spacial score (nSPS) is 12.0. The molecule has 2 N–H and O–H groups in total. The van der Waals surface area contributed by atoms with Crippen LogP contribution in [0.15, 0.2) is 18.2 Å². The smallest absolute Gasteiger partial charge is 0.228 e. The molecule has 0 heterocycles. The van der Waals surface area contributed by atoms with E-state index < -0.39 is 5.82 Å². The van der Waals surface area contributed by atoms with E-state index in [4.69, 9.17) is 4.74 Å². The van der Waals surface area contributed by atoms with E-state index in [1.54, 1.807) is 13.1 Å². The summed E-state index contributed by atoms with van der Waals surface area (Å²) < 4.78 is 18.3. The Morgan fingerprint density at radius 2 is 2.22 bits per heavy atom. The number of carbonyl (C=O) groups excluding carboxylic acids is 1. The van der Waals surface area contributed by atoms with Crippen molar-refractivity contribution in [2.45, 2.75) is 13.3 Å². The van der Waals surface area contributed by atoms with Gasteiger partial charge in [0.15, 0.2) is 11.6 Å². The van der Waals surface area contributed by atoms with Crippen LogP contribution < -0.4 is 15.4 Å². The zero-order valence-electron chi connectivity index (χ0n) is 10.9. The molecule has 1 aromatic rings. The summed E-state index contributed by atoms with van der Waals surface area (Å²) in [6, 6.07) is 4.36. The van der Waals surface area contributed by atoms with E-state index in [1.807, 2.05) is 6.92 Å². The van der Waals surface area contributed by atoms with E-state index in [0.717, 1.165) is 6.42 Å². The quantitative estimate of drug-likeness (QED) is 0.816. The Hall–Kier alpha value is -1.62. The maximum absolute atomic E-state index is 13.4. The van der Waals surface area contributed by atoms with Crippen molar-refractivity contribution in [2.24, 2.45) is 5.92 Å². The Morgan fingerprint density at radius 1 is 1.50 bits per heavy atom. The SMILES string of the molecule is CCC(CNC)C(=O)Nc1ccc(OC)c(F)c1. The van der Waals surface area contributed by atoms with Crippen molar-refractivity contribution in [1.82, 2.24) is 5.32 Å². The van der Waals surface area contributed by atoms with Gasteiger partial charge in [-0.15, -0.1) is 0 Å². The zero-order valence-corrected chi connectivity index (χ0v) is 10.9. The maximum atomic E-state index is 13.4. The van der Waals surface area contributed by atoms with Crippen molar-refractivity contribution in [3.05, 3.63) is 24.0 Å². The lowest BCUT2D eigenvalue weighted by Gasteiger charge is -2.14. The van der Waals surface area contributed by atoms with Crippen molar-refractivity contribution < 1.29 is 13.9 Å². The number of hydrogen-bond acceptors (Lipinski definition) is 3. The first-order chi connectivity index (χ1) is 8.62. The minimum absolute atomic E-state index is 0.114. The highest BCUT2D eigenvalue weighted by Crippen LogP contribution is 2.21. The summed E-state index contributed by atoms with van der Waals surface area (Å²) in [5.41, 5.74) is 0.438. The molecule has 5 heteroatoms. The van der Waals surface area contributed by atoms with Crippen LogP contribution in [0.3, 0.4) is 0 Å². The van der Waals surface area contributed by atoms with Gasteiger partial charge in [-0.1, -0.05) is 6.92 Å². The molecule has 0 aliphatic rings. The number of anilines is 1. The molecule has 0 radical (unpaired) electrons. The fourth-order valence-corrected chi connectivity index (χ4v) is 1.66. The second-order valence-corrected chi connectivity index (χ2v) is 4.00. The molecule has 100 valence electrons. The lowest BCUT2D eigenvalue weighted by molar-refractivity contribution is -0.119. The summed E-state index contributed by atoms with van der Waals surface area (Å²) >= 11 is 0. The fourth-order valence-electron chi connectivity index (χ4n) is 1.66. The van der Waals surface area contributed by atoms with Crippen LogP contribution in [0.2, 0.25) is 0 Å². The number of hydrogen-bond donors (Lipinski definition) is 2. The van der Waals surface area contributed by atoms with Gasteiger partial charge < -0.3 is 15.4 Å². The largest absolute Gasteiger partial charge is 0.494 e.